The first kappa shape index (κ1) is 23.2. The fraction of sp³-hybridized carbons (Fsp3) is 0.296. The highest BCUT2D eigenvalue weighted by Crippen LogP contribution is 2.32. The highest BCUT2D eigenvalue weighted by atomic mass is 32.2. The Labute approximate surface area is 208 Å². The van der Waals surface area contributed by atoms with E-state index in [4.69, 9.17) is 9.47 Å². The zero-order valence-corrected chi connectivity index (χ0v) is 20.3. The van der Waals surface area contributed by atoms with Crippen molar-refractivity contribution in [1.29, 1.82) is 0 Å². The number of hydrogen-bond acceptors (Lipinski definition) is 6. The first-order valence-corrected chi connectivity index (χ1v) is 12.6. The van der Waals surface area contributed by atoms with Crippen molar-refractivity contribution in [2.75, 3.05) is 18.9 Å². The van der Waals surface area contributed by atoms with E-state index in [-0.39, 0.29) is 18.4 Å². The second-order valence-corrected chi connectivity index (χ2v) is 9.63. The molecule has 180 valence electrons. The molecule has 0 fully saturated rings. The van der Waals surface area contributed by atoms with Crippen molar-refractivity contribution < 1.29 is 19.1 Å². The number of thioether (sulfide) groups is 1. The average molecular weight is 490 g/mol. The Morgan fingerprint density at radius 3 is 2.71 bits per heavy atom. The van der Waals surface area contributed by atoms with Crippen molar-refractivity contribution in [3.63, 3.8) is 0 Å². The topological polar surface area (TPSA) is 80.8 Å². The molecule has 7 nitrogen and oxygen atoms in total. The van der Waals surface area contributed by atoms with Gasteiger partial charge in [0.05, 0.1) is 5.75 Å². The minimum absolute atomic E-state index is 0.0156. The fourth-order valence-corrected chi connectivity index (χ4v) is 5.14. The van der Waals surface area contributed by atoms with Gasteiger partial charge >= 0.3 is 0 Å². The summed E-state index contributed by atoms with van der Waals surface area (Å²) in [6, 6.07) is 17.3. The molecular weight excluding hydrogens is 462 g/mol. The highest BCUT2D eigenvalue weighted by Gasteiger charge is 2.33. The number of ether oxygens (including phenoxy) is 2. The number of nitrogens with one attached hydrogen (secondary N) is 1. The van der Waals surface area contributed by atoms with Crippen LogP contribution in [0.2, 0.25) is 0 Å². The molecule has 1 unspecified atom stereocenters. The second kappa shape index (κ2) is 10.4. The Morgan fingerprint density at radius 1 is 1.11 bits per heavy atom. The van der Waals surface area contributed by atoms with E-state index in [0.717, 1.165) is 21.7 Å². The van der Waals surface area contributed by atoms with Crippen LogP contribution in [0.25, 0.3) is 0 Å². The third-order valence-corrected chi connectivity index (χ3v) is 7.28. The van der Waals surface area contributed by atoms with Crippen molar-refractivity contribution in [2.45, 2.75) is 37.4 Å². The zero-order chi connectivity index (χ0) is 24.2. The number of para-hydroxylation sites is 2. The molecule has 2 aromatic carbocycles. The smallest absolute Gasteiger partial charge is 0.267 e. The monoisotopic (exact) mass is 489 g/mol. The summed E-state index contributed by atoms with van der Waals surface area (Å²) < 4.78 is 11.6. The first-order valence-electron chi connectivity index (χ1n) is 11.7. The first-order chi connectivity index (χ1) is 17.1. The standard InChI is InChI=1S/C27H27N3O4S/c1-18-22(14-29-26(31)17-35-20-7-3-2-4-8-20)21-11-12-30(15-19(21)13-28-18)27(32)25-16-33-23-9-5-6-10-24(23)34-25/h2-10,13,25H,11-12,14-17H2,1H3,(H,29,31). The van der Waals surface area contributed by atoms with Crippen LogP contribution in [0.15, 0.2) is 65.7 Å². The van der Waals surface area contributed by atoms with Gasteiger partial charge in [0.1, 0.15) is 6.61 Å². The van der Waals surface area contributed by atoms with Crippen LogP contribution < -0.4 is 14.8 Å². The molecule has 1 atom stereocenters. The second-order valence-electron chi connectivity index (χ2n) is 8.58. The Balaban J connectivity index is 1.21. The number of aromatic nitrogens is 1. The quantitative estimate of drug-likeness (QED) is 0.534. The van der Waals surface area contributed by atoms with E-state index in [9.17, 15) is 9.59 Å². The molecule has 1 N–H and O–H groups in total. The molecule has 3 heterocycles. The summed E-state index contributed by atoms with van der Waals surface area (Å²) in [7, 11) is 0. The van der Waals surface area contributed by atoms with Gasteiger partial charge in [-0.2, -0.15) is 0 Å². The number of rotatable bonds is 6. The van der Waals surface area contributed by atoms with Gasteiger partial charge in [0.15, 0.2) is 11.5 Å². The van der Waals surface area contributed by atoms with Gasteiger partial charge in [-0.15, -0.1) is 11.8 Å². The normalized spacial score (nSPS) is 16.4. The number of carbonyl (C=O) groups excluding carboxylic acids is 2. The van der Waals surface area contributed by atoms with Crippen LogP contribution in [0.5, 0.6) is 11.5 Å². The third kappa shape index (κ3) is 5.27. The van der Waals surface area contributed by atoms with Crippen LogP contribution in [0.3, 0.4) is 0 Å². The summed E-state index contributed by atoms with van der Waals surface area (Å²) in [4.78, 5) is 33.0. The average Bonchev–Trinajstić information content (AvgIpc) is 2.91. The molecule has 0 aliphatic carbocycles. The number of hydrogen-bond donors (Lipinski definition) is 1. The summed E-state index contributed by atoms with van der Waals surface area (Å²) in [5.41, 5.74) is 4.12. The van der Waals surface area contributed by atoms with Crippen LogP contribution in [-0.4, -0.2) is 46.7 Å². The van der Waals surface area contributed by atoms with E-state index >= 15 is 0 Å². The van der Waals surface area contributed by atoms with Gasteiger partial charge in [-0.3, -0.25) is 14.6 Å². The predicted molar refractivity (Wildman–Crippen MR) is 133 cm³/mol. The predicted octanol–water partition coefficient (Wildman–Crippen LogP) is 3.52. The van der Waals surface area contributed by atoms with Gasteiger partial charge in [-0.1, -0.05) is 30.3 Å². The molecule has 2 aliphatic heterocycles. The van der Waals surface area contributed by atoms with Crippen LogP contribution in [0.4, 0.5) is 0 Å². The van der Waals surface area contributed by atoms with Crippen molar-refractivity contribution in [3.8, 4) is 11.5 Å². The Bertz CT molecular complexity index is 1230. The van der Waals surface area contributed by atoms with Crippen LogP contribution in [0.1, 0.15) is 22.4 Å². The Kier molecular flexibility index (Phi) is 6.90. The number of fused-ring (bicyclic) bond motifs is 2. The van der Waals surface area contributed by atoms with Gasteiger partial charge in [-0.25, -0.2) is 0 Å². The van der Waals surface area contributed by atoms with E-state index in [1.807, 2.05) is 67.7 Å². The molecule has 5 rings (SSSR count). The number of pyridine rings is 1. The summed E-state index contributed by atoms with van der Waals surface area (Å²) in [6.07, 6.45) is 1.89. The van der Waals surface area contributed by atoms with E-state index in [1.165, 1.54) is 17.3 Å². The maximum absolute atomic E-state index is 13.2. The number of carbonyl (C=O) groups is 2. The number of benzene rings is 2. The van der Waals surface area contributed by atoms with Crippen LogP contribution in [0, 0.1) is 6.92 Å². The van der Waals surface area contributed by atoms with E-state index in [2.05, 4.69) is 10.3 Å². The van der Waals surface area contributed by atoms with E-state index < -0.39 is 6.10 Å². The molecule has 2 aliphatic rings. The molecule has 0 spiro atoms. The largest absolute Gasteiger partial charge is 0.485 e. The van der Waals surface area contributed by atoms with Crippen molar-refractivity contribution in [3.05, 3.63) is 83.2 Å². The Hall–Kier alpha value is -3.52. The lowest BCUT2D eigenvalue weighted by Crippen LogP contribution is -2.48. The maximum Gasteiger partial charge on any atom is 0.267 e. The zero-order valence-electron chi connectivity index (χ0n) is 19.5. The van der Waals surface area contributed by atoms with E-state index in [0.29, 0.717) is 43.3 Å². The summed E-state index contributed by atoms with van der Waals surface area (Å²) in [6.45, 7) is 3.64. The van der Waals surface area contributed by atoms with Gasteiger partial charge in [0, 0.05) is 36.4 Å². The molecule has 3 aromatic rings. The van der Waals surface area contributed by atoms with Crippen molar-refractivity contribution in [2.24, 2.45) is 0 Å². The maximum atomic E-state index is 13.2. The summed E-state index contributed by atoms with van der Waals surface area (Å²) in [5, 5.41) is 3.04. The van der Waals surface area contributed by atoms with Crippen LogP contribution >= 0.6 is 11.8 Å². The van der Waals surface area contributed by atoms with Gasteiger partial charge in [0.2, 0.25) is 12.0 Å². The van der Waals surface area contributed by atoms with Crippen molar-refractivity contribution >= 4 is 23.6 Å². The molecule has 0 saturated heterocycles. The fourth-order valence-electron chi connectivity index (χ4n) is 4.39. The van der Waals surface area contributed by atoms with Crippen LogP contribution in [-0.2, 0) is 29.1 Å². The molecule has 2 amide bonds. The molecule has 0 radical (unpaired) electrons. The van der Waals surface area contributed by atoms with Gasteiger partial charge < -0.3 is 19.7 Å². The molecule has 35 heavy (non-hydrogen) atoms. The van der Waals surface area contributed by atoms with Gasteiger partial charge in [0.25, 0.3) is 5.91 Å². The lowest BCUT2D eigenvalue weighted by molar-refractivity contribution is -0.142. The minimum atomic E-state index is -0.661. The number of aryl methyl sites for hydroxylation is 1. The van der Waals surface area contributed by atoms with E-state index in [1.54, 1.807) is 4.90 Å². The lowest BCUT2D eigenvalue weighted by Gasteiger charge is -2.34. The summed E-state index contributed by atoms with van der Waals surface area (Å²) in [5.74, 6) is 1.52. The molecule has 1 aromatic heterocycles. The summed E-state index contributed by atoms with van der Waals surface area (Å²) >= 11 is 1.52. The SMILES string of the molecule is Cc1ncc2c(c1CNC(=O)CSc1ccccc1)CCN(C(=O)C1COc3ccccc3O1)C2. The highest BCUT2D eigenvalue weighted by molar-refractivity contribution is 8.00. The molecule has 8 heteroatoms. The Morgan fingerprint density at radius 2 is 1.89 bits per heavy atom. The molecule has 0 bridgehead atoms. The number of nitrogens with zero attached hydrogens (tertiary/aromatic N) is 2. The van der Waals surface area contributed by atoms with Crippen molar-refractivity contribution in [1.82, 2.24) is 15.2 Å². The molecular formula is C27H27N3O4S. The molecule has 0 saturated carbocycles. The lowest BCUT2D eigenvalue weighted by atomic mass is 9.94. The minimum Gasteiger partial charge on any atom is -0.485 e. The number of amides is 2. The third-order valence-electron chi connectivity index (χ3n) is 6.27. The van der Waals surface area contributed by atoms with Gasteiger partial charge in [-0.05, 0) is 54.3 Å².